The van der Waals surface area contributed by atoms with Crippen molar-refractivity contribution in [2.45, 2.75) is 13.5 Å². The highest BCUT2D eigenvalue weighted by molar-refractivity contribution is 5.94. The van der Waals surface area contributed by atoms with E-state index < -0.39 is 0 Å². The molecule has 0 bridgehead atoms. The lowest BCUT2D eigenvalue weighted by Crippen LogP contribution is -2.48. The molecule has 0 radical (unpaired) electrons. The number of piperazine rings is 1. The normalized spacial score (nSPS) is 13.9. The van der Waals surface area contributed by atoms with Crippen LogP contribution in [0.5, 0.6) is 11.5 Å². The van der Waals surface area contributed by atoms with Crippen LogP contribution >= 0.6 is 0 Å². The number of carbonyl (C=O) groups is 1. The van der Waals surface area contributed by atoms with Gasteiger partial charge in [0.25, 0.3) is 5.91 Å². The third kappa shape index (κ3) is 4.57. The summed E-state index contributed by atoms with van der Waals surface area (Å²) in [6, 6.07) is 22.9. The molecule has 1 fully saturated rings. The van der Waals surface area contributed by atoms with Gasteiger partial charge in [0.2, 0.25) is 0 Å². The predicted molar refractivity (Wildman–Crippen MR) is 118 cm³/mol. The summed E-state index contributed by atoms with van der Waals surface area (Å²) in [6.07, 6.45) is 0. The molecule has 1 aliphatic rings. The van der Waals surface area contributed by atoms with E-state index in [1.54, 1.807) is 6.07 Å². The van der Waals surface area contributed by atoms with Gasteiger partial charge in [-0.05, 0) is 42.8 Å². The molecule has 1 N–H and O–H groups in total. The summed E-state index contributed by atoms with van der Waals surface area (Å²) in [7, 11) is 0. The van der Waals surface area contributed by atoms with E-state index in [1.165, 1.54) is 5.56 Å². The van der Waals surface area contributed by atoms with Crippen LogP contribution in [0.2, 0.25) is 0 Å². The van der Waals surface area contributed by atoms with Crippen LogP contribution in [0.1, 0.15) is 21.5 Å². The van der Waals surface area contributed by atoms with Crippen LogP contribution in [-0.2, 0) is 6.61 Å². The summed E-state index contributed by atoms with van der Waals surface area (Å²) < 4.78 is 5.91. The molecule has 1 aliphatic heterocycles. The molecule has 0 aromatic heterocycles. The predicted octanol–water partition coefficient (Wildman–Crippen LogP) is 4.24. The maximum absolute atomic E-state index is 13.0. The standard InChI is InChI=1S/C25H26N2O3/c1-19-6-4-7-20(16-19)18-30-22-9-5-8-21(17-22)25(29)27-14-12-26(13-15-27)23-10-2-3-11-24(23)28/h2-11,16-17,28H,12-15,18H2,1H3. The Hall–Kier alpha value is -3.47. The van der Waals surface area contributed by atoms with Crippen molar-refractivity contribution in [2.75, 3.05) is 31.1 Å². The van der Waals surface area contributed by atoms with Crippen LogP contribution in [0.3, 0.4) is 0 Å². The Kier molecular flexibility index (Phi) is 5.89. The van der Waals surface area contributed by atoms with Crippen LogP contribution in [0.25, 0.3) is 0 Å². The van der Waals surface area contributed by atoms with E-state index in [2.05, 4.69) is 24.0 Å². The van der Waals surface area contributed by atoms with E-state index in [0.29, 0.717) is 44.1 Å². The average molecular weight is 402 g/mol. The number of amides is 1. The van der Waals surface area contributed by atoms with Crippen molar-refractivity contribution in [2.24, 2.45) is 0 Å². The lowest BCUT2D eigenvalue weighted by molar-refractivity contribution is 0.0746. The van der Waals surface area contributed by atoms with Crippen LogP contribution in [0.15, 0.2) is 72.8 Å². The number of rotatable bonds is 5. The summed E-state index contributed by atoms with van der Waals surface area (Å²) in [4.78, 5) is 17.0. The number of hydrogen-bond acceptors (Lipinski definition) is 4. The minimum Gasteiger partial charge on any atom is -0.506 e. The topological polar surface area (TPSA) is 53.0 Å². The molecule has 30 heavy (non-hydrogen) atoms. The fourth-order valence-electron chi connectivity index (χ4n) is 3.75. The van der Waals surface area contributed by atoms with Gasteiger partial charge in [-0.2, -0.15) is 0 Å². The van der Waals surface area contributed by atoms with Gasteiger partial charge in [-0.15, -0.1) is 0 Å². The van der Waals surface area contributed by atoms with Crippen molar-refractivity contribution >= 4 is 11.6 Å². The molecule has 5 nitrogen and oxygen atoms in total. The lowest BCUT2D eigenvalue weighted by Gasteiger charge is -2.36. The van der Waals surface area contributed by atoms with Gasteiger partial charge in [-0.25, -0.2) is 0 Å². The summed E-state index contributed by atoms with van der Waals surface area (Å²) in [5.41, 5.74) is 3.75. The second-order valence-electron chi connectivity index (χ2n) is 7.57. The van der Waals surface area contributed by atoms with Crippen LogP contribution in [0.4, 0.5) is 5.69 Å². The second kappa shape index (κ2) is 8.91. The molecule has 0 aliphatic carbocycles. The Morgan fingerprint density at radius 3 is 2.47 bits per heavy atom. The number of aryl methyl sites for hydroxylation is 1. The molecule has 0 saturated carbocycles. The zero-order valence-corrected chi connectivity index (χ0v) is 17.1. The minimum absolute atomic E-state index is 0.00735. The number of phenolic OH excluding ortho intramolecular Hbond substituents is 1. The van der Waals surface area contributed by atoms with Crippen LogP contribution in [-0.4, -0.2) is 42.1 Å². The Labute approximate surface area is 177 Å². The third-order valence-corrected chi connectivity index (χ3v) is 5.36. The molecule has 1 amide bonds. The van der Waals surface area contributed by atoms with E-state index >= 15 is 0 Å². The molecule has 0 unspecified atom stereocenters. The number of nitrogens with zero attached hydrogens (tertiary/aromatic N) is 2. The van der Waals surface area contributed by atoms with Gasteiger partial charge in [-0.3, -0.25) is 4.79 Å². The van der Waals surface area contributed by atoms with Gasteiger partial charge in [0, 0.05) is 31.7 Å². The maximum Gasteiger partial charge on any atom is 0.254 e. The molecular weight excluding hydrogens is 376 g/mol. The van der Waals surface area contributed by atoms with E-state index in [9.17, 15) is 9.90 Å². The first-order valence-corrected chi connectivity index (χ1v) is 10.2. The van der Waals surface area contributed by atoms with Crippen molar-refractivity contribution in [1.29, 1.82) is 0 Å². The largest absolute Gasteiger partial charge is 0.506 e. The summed E-state index contributed by atoms with van der Waals surface area (Å²) >= 11 is 0. The summed E-state index contributed by atoms with van der Waals surface area (Å²) in [6.45, 7) is 5.13. The van der Waals surface area contributed by atoms with Gasteiger partial charge < -0.3 is 19.6 Å². The molecule has 3 aromatic carbocycles. The van der Waals surface area contributed by atoms with Crippen LogP contribution < -0.4 is 9.64 Å². The van der Waals surface area contributed by atoms with Crippen molar-refractivity contribution in [3.8, 4) is 11.5 Å². The highest BCUT2D eigenvalue weighted by Crippen LogP contribution is 2.27. The molecule has 5 heteroatoms. The Balaban J connectivity index is 1.37. The number of phenols is 1. The molecule has 4 rings (SSSR count). The molecule has 3 aromatic rings. The zero-order valence-electron chi connectivity index (χ0n) is 17.1. The average Bonchev–Trinajstić information content (AvgIpc) is 2.78. The zero-order chi connectivity index (χ0) is 20.9. The highest BCUT2D eigenvalue weighted by Gasteiger charge is 2.23. The summed E-state index contributed by atoms with van der Waals surface area (Å²) in [5.74, 6) is 0.971. The number of para-hydroxylation sites is 2. The van der Waals surface area contributed by atoms with E-state index in [1.807, 2.05) is 59.5 Å². The van der Waals surface area contributed by atoms with Gasteiger partial charge in [0.1, 0.15) is 18.1 Å². The van der Waals surface area contributed by atoms with Crippen molar-refractivity contribution in [3.05, 3.63) is 89.5 Å². The van der Waals surface area contributed by atoms with E-state index in [0.717, 1.165) is 11.3 Å². The quantitative estimate of drug-likeness (QED) is 0.694. The fourth-order valence-corrected chi connectivity index (χ4v) is 3.75. The molecule has 1 saturated heterocycles. The smallest absolute Gasteiger partial charge is 0.254 e. The van der Waals surface area contributed by atoms with Crippen LogP contribution in [0, 0.1) is 6.92 Å². The second-order valence-corrected chi connectivity index (χ2v) is 7.57. The fraction of sp³-hybridized carbons (Fsp3) is 0.240. The Morgan fingerprint density at radius 2 is 1.70 bits per heavy atom. The maximum atomic E-state index is 13.0. The first-order chi connectivity index (χ1) is 14.6. The number of ether oxygens (including phenoxy) is 1. The van der Waals surface area contributed by atoms with Crippen molar-refractivity contribution in [3.63, 3.8) is 0 Å². The van der Waals surface area contributed by atoms with Gasteiger partial charge >= 0.3 is 0 Å². The Morgan fingerprint density at radius 1 is 0.933 bits per heavy atom. The first-order valence-electron chi connectivity index (χ1n) is 10.2. The molecule has 0 spiro atoms. The monoisotopic (exact) mass is 402 g/mol. The third-order valence-electron chi connectivity index (χ3n) is 5.36. The van der Waals surface area contributed by atoms with E-state index in [-0.39, 0.29) is 11.7 Å². The van der Waals surface area contributed by atoms with E-state index in [4.69, 9.17) is 4.74 Å². The number of benzene rings is 3. The van der Waals surface area contributed by atoms with Crippen molar-refractivity contribution < 1.29 is 14.6 Å². The number of carbonyl (C=O) groups excluding carboxylic acids is 1. The lowest BCUT2D eigenvalue weighted by atomic mass is 10.1. The summed E-state index contributed by atoms with van der Waals surface area (Å²) in [5, 5.41) is 10.1. The number of anilines is 1. The van der Waals surface area contributed by atoms with Gasteiger partial charge in [0.15, 0.2) is 0 Å². The first kappa shape index (κ1) is 19.8. The number of hydrogen-bond donors (Lipinski definition) is 1. The van der Waals surface area contributed by atoms with Gasteiger partial charge in [0.05, 0.1) is 5.69 Å². The highest BCUT2D eigenvalue weighted by atomic mass is 16.5. The number of aromatic hydroxyl groups is 1. The van der Waals surface area contributed by atoms with Gasteiger partial charge in [-0.1, -0.05) is 48.0 Å². The molecule has 1 heterocycles. The minimum atomic E-state index is 0.00735. The SMILES string of the molecule is Cc1cccc(COc2cccc(C(=O)N3CCN(c4ccccc4O)CC3)c2)c1. The molecule has 154 valence electrons. The Bertz CT molecular complexity index is 1030. The van der Waals surface area contributed by atoms with Crippen molar-refractivity contribution in [1.82, 2.24) is 4.90 Å². The molecule has 0 atom stereocenters. The molecular formula is C25H26N2O3.